The molecule has 0 bridgehead atoms. The number of aliphatic hydroxyl groups is 1. The number of hydrogen-bond donors (Lipinski definition) is 2. The molecule has 0 rings (SSSR count). The summed E-state index contributed by atoms with van der Waals surface area (Å²) < 4.78 is 37.4. The van der Waals surface area contributed by atoms with E-state index < -0.39 is 24.4 Å². The molecule has 0 aliphatic rings. The molecule has 0 aromatic heterocycles. The molecule has 0 fully saturated rings. The van der Waals surface area contributed by atoms with Crippen molar-refractivity contribution in [3.05, 3.63) is 0 Å². The van der Waals surface area contributed by atoms with Crippen molar-refractivity contribution in [2.75, 3.05) is 13.6 Å². The van der Waals surface area contributed by atoms with Crippen molar-refractivity contribution >= 4 is 0 Å². The first-order valence-electron chi connectivity index (χ1n) is 4.37. The number of hydrogen-bond acceptors (Lipinski definition) is 3. The number of alkyl halides is 3. The minimum atomic E-state index is -4.36. The van der Waals surface area contributed by atoms with Crippen molar-refractivity contribution < 1.29 is 18.3 Å². The Hall–Kier alpha value is -0.330. The van der Waals surface area contributed by atoms with Crippen molar-refractivity contribution in [3.63, 3.8) is 0 Å². The molecular weight excluding hydrogens is 197 g/mol. The minimum absolute atomic E-state index is 0.0499. The summed E-state index contributed by atoms with van der Waals surface area (Å²) in [5, 5.41) is 8.97. The molecule has 0 saturated heterocycles. The summed E-state index contributed by atoms with van der Waals surface area (Å²) in [5.74, 6) is 0. The highest BCUT2D eigenvalue weighted by Gasteiger charge is 2.44. The van der Waals surface area contributed by atoms with Gasteiger partial charge in [-0.05, 0) is 20.9 Å². The van der Waals surface area contributed by atoms with Gasteiger partial charge in [-0.25, -0.2) is 0 Å². The lowest BCUT2D eigenvalue weighted by Crippen LogP contribution is -2.54. The summed E-state index contributed by atoms with van der Waals surface area (Å²) in [5.41, 5.74) is 5.26. The second kappa shape index (κ2) is 4.95. The predicted octanol–water partition coefficient (Wildman–Crippen LogP) is 0.577. The van der Waals surface area contributed by atoms with E-state index in [1.54, 1.807) is 0 Å². The van der Waals surface area contributed by atoms with Gasteiger partial charge in [-0.3, -0.25) is 4.90 Å². The van der Waals surface area contributed by atoms with E-state index in [1.807, 2.05) is 0 Å². The Labute approximate surface area is 81.7 Å². The second-order valence-corrected chi connectivity index (χ2v) is 3.63. The van der Waals surface area contributed by atoms with E-state index in [9.17, 15) is 13.2 Å². The number of halogens is 3. The number of rotatable bonds is 4. The van der Waals surface area contributed by atoms with Crippen LogP contribution in [0.25, 0.3) is 0 Å². The molecule has 3 unspecified atom stereocenters. The summed E-state index contributed by atoms with van der Waals surface area (Å²) in [6.07, 6.45) is -5.17. The van der Waals surface area contributed by atoms with Gasteiger partial charge in [0.05, 0.1) is 6.10 Å². The maximum atomic E-state index is 12.5. The molecule has 0 spiro atoms. The molecule has 0 aliphatic heterocycles. The van der Waals surface area contributed by atoms with Crippen LogP contribution in [0.15, 0.2) is 0 Å². The Balaban J connectivity index is 4.50. The fraction of sp³-hybridized carbons (Fsp3) is 1.00. The Bertz CT molecular complexity index is 170. The highest BCUT2D eigenvalue weighted by molar-refractivity contribution is 4.84. The van der Waals surface area contributed by atoms with Gasteiger partial charge in [0.2, 0.25) is 0 Å². The molecule has 0 aromatic rings. The Morgan fingerprint density at radius 3 is 2.00 bits per heavy atom. The minimum Gasteiger partial charge on any atom is -0.392 e. The van der Waals surface area contributed by atoms with E-state index in [1.165, 1.54) is 20.9 Å². The zero-order valence-electron chi connectivity index (χ0n) is 8.54. The first kappa shape index (κ1) is 13.7. The fourth-order valence-corrected chi connectivity index (χ4v) is 1.48. The lowest BCUT2D eigenvalue weighted by atomic mass is 10.1. The molecule has 3 nitrogen and oxygen atoms in total. The van der Waals surface area contributed by atoms with Gasteiger partial charge in [0.1, 0.15) is 6.04 Å². The number of aliphatic hydroxyl groups excluding tert-OH is 1. The van der Waals surface area contributed by atoms with Crippen molar-refractivity contribution in [2.45, 2.75) is 38.2 Å². The van der Waals surface area contributed by atoms with Crippen molar-refractivity contribution in [1.82, 2.24) is 4.90 Å². The summed E-state index contributed by atoms with van der Waals surface area (Å²) in [4.78, 5) is 1.02. The summed E-state index contributed by atoms with van der Waals surface area (Å²) in [6, 6.07) is -2.73. The van der Waals surface area contributed by atoms with Gasteiger partial charge in [0.15, 0.2) is 0 Å². The topological polar surface area (TPSA) is 49.5 Å². The first-order valence-corrected chi connectivity index (χ1v) is 4.37. The normalized spacial score (nSPS) is 19.5. The summed E-state index contributed by atoms with van der Waals surface area (Å²) in [7, 11) is 1.30. The lowest BCUT2D eigenvalue weighted by molar-refractivity contribution is -0.186. The molecule has 0 radical (unpaired) electrons. The third-order valence-corrected chi connectivity index (χ3v) is 1.86. The van der Waals surface area contributed by atoms with Crippen LogP contribution in [0.5, 0.6) is 0 Å². The summed E-state index contributed by atoms with van der Waals surface area (Å²) >= 11 is 0. The third-order valence-electron chi connectivity index (χ3n) is 1.86. The quantitative estimate of drug-likeness (QED) is 0.719. The molecule has 0 heterocycles. The predicted molar refractivity (Wildman–Crippen MR) is 47.8 cm³/mol. The van der Waals surface area contributed by atoms with Crippen LogP contribution in [0, 0.1) is 0 Å². The van der Waals surface area contributed by atoms with Crippen LogP contribution in [0.1, 0.15) is 13.8 Å². The van der Waals surface area contributed by atoms with Crippen molar-refractivity contribution in [2.24, 2.45) is 5.73 Å². The second-order valence-electron chi connectivity index (χ2n) is 3.63. The van der Waals surface area contributed by atoms with Crippen LogP contribution in [0.3, 0.4) is 0 Å². The van der Waals surface area contributed by atoms with E-state index >= 15 is 0 Å². The Kier molecular flexibility index (Phi) is 4.83. The van der Waals surface area contributed by atoms with E-state index in [2.05, 4.69) is 0 Å². The van der Waals surface area contributed by atoms with Crippen LogP contribution in [0.2, 0.25) is 0 Å². The van der Waals surface area contributed by atoms with E-state index in [0.29, 0.717) is 0 Å². The number of nitrogens with zero attached hydrogens (tertiary/aromatic N) is 1. The maximum absolute atomic E-state index is 12.5. The molecule has 0 aliphatic carbocycles. The summed E-state index contributed by atoms with van der Waals surface area (Å²) in [6.45, 7) is 2.69. The number of likely N-dealkylation sites (N-methyl/N-ethyl adjacent to an activating group) is 1. The molecule has 0 amide bonds. The molecule has 3 atom stereocenters. The average Bonchev–Trinajstić information content (AvgIpc) is 1.78. The highest BCUT2D eigenvalue weighted by Crippen LogP contribution is 2.25. The standard InChI is InChI=1S/C8H17F3N2O/c1-5(14)4-13(3)7(6(2)12)8(9,10)11/h5-7,14H,4,12H2,1-3H3. The van der Waals surface area contributed by atoms with Gasteiger partial charge in [-0.2, -0.15) is 13.2 Å². The largest absolute Gasteiger partial charge is 0.405 e. The van der Waals surface area contributed by atoms with Gasteiger partial charge < -0.3 is 10.8 Å². The van der Waals surface area contributed by atoms with Crippen LogP contribution in [-0.4, -0.2) is 48.0 Å². The van der Waals surface area contributed by atoms with Gasteiger partial charge in [0, 0.05) is 12.6 Å². The van der Waals surface area contributed by atoms with Crippen LogP contribution in [-0.2, 0) is 0 Å². The molecule has 3 N–H and O–H groups in total. The molecule has 86 valence electrons. The SMILES string of the molecule is CC(O)CN(C)C(C(C)N)C(F)(F)F. The molecular formula is C8H17F3N2O. The Morgan fingerprint density at radius 2 is 1.79 bits per heavy atom. The third kappa shape index (κ3) is 4.26. The zero-order chi connectivity index (χ0) is 11.5. The van der Waals surface area contributed by atoms with Crippen LogP contribution >= 0.6 is 0 Å². The molecule has 6 heteroatoms. The van der Waals surface area contributed by atoms with E-state index in [4.69, 9.17) is 10.8 Å². The Morgan fingerprint density at radius 1 is 1.36 bits per heavy atom. The van der Waals surface area contributed by atoms with Crippen LogP contribution < -0.4 is 5.73 Å². The smallest absolute Gasteiger partial charge is 0.392 e. The monoisotopic (exact) mass is 214 g/mol. The highest BCUT2D eigenvalue weighted by atomic mass is 19.4. The van der Waals surface area contributed by atoms with Gasteiger partial charge in [-0.1, -0.05) is 0 Å². The fourth-order valence-electron chi connectivity index (χ4n) is 1.48. The van der Waals surface area contributed by atoms with Gasteiger partial charge >= 0.3 is 6.18 Å². The van der Waals surface area contributed by atoms with Crippen molar-refractivity contribution in [3.8, 4) is 0 Å². The molecule has 14 heavy (non-hydrogen) atoms. The average molecular weight is 214 g/mol. The van der Waals surface area contributed by atoms with E-state index in [-0.39, 0.29) is 6.54 Å². The zero-order valence-corrected chi connectivity index (χ0v) is 8.54. The number of nitrogens with two attached hydrogens (primary N) is 1. The first-order chi connectivity index (χ1) is 6.16. The van der Waals surface area contributed by atoms with Gasteiger partial charge in [-0.15, -0.1) is 0 Å². The van der Waals surface area contributed by atoms with Gasteiger partial charge in [0.25, 0.3) is 0 Å². The lowest BCUT2D eigenvalue weighted by Gasteiger charge is -2.33. The van der Waals surface area contributed by atoms with Crippen molar-refractivity contribution in [1.29, 1.82) is 0 Å². The maximum Gasteiger partial charge on any atom is 0.405 e. The van der Waals surface area contributed by atoms with E-state index in [0.717, 1.165) is 4.90 Å². The van der Waals surface area contributed by atoms with Crippen LogP contribution in [0.4, 0.5) is 13.2 Å². The molecule has 0 saturated carbocycles. The molecule has 0 aromatic carbocycles.